The lowest BCUT2D eigenvalue weighted by molar-refractivity contribution is -0.385. The first-order valence-corrected chi connectivity index (χ1v) is 6.65. The number of hydrogen-bond donors (Lipinski definition) is 1. The number of nitrogens with zero attached hydrogens (tertiary/aromatic N) is 4. The van der Waals surface area contributed by atoms with Crippen LogP contribution in [0.1, 0.15) is 11.3 Å². The van der Waals surface area contributed by atoms with Gasteiger partial charge in [-0.15, -0.1) is 0 Å². The summed E-state index contributed by atoms with van der Waals surface area (Å²) in [7, 11) is 0. The Bertz CT molecular complexity index is 752. The highest BCUT2D eigenvalue weighted by molar-refractivity contribution is 14.1. The first-order chi connectivity index (χ1) is 9.90. The Kier molecular flexibility index (Phi) is 4.18. The van der Waals surface area contributed by atoms with Gasteiger partial charge in [0.1, 0.15) is 0 Å². The second-order valence-corrected chi connectivity index (χ2v) is 5.15. The molecule has 0 saturated carbocycles. The zero-order valence-electron chi connectivity index (χ0n) is 10.7. The number of anilines is 1. The highest BCUT2D eigenvalue weighted by Crippen LogP contribution is 2.36. The maximum Gasteiger partial charge on any atom is 0.314 e. The molecule has 0 unspecified atom stereocenters. The molecule has 0 aliphatic rings. The van der Waals surface area contributed by atoms with Gasteiger partial charge >= 0.3 is 5.69 Å². The molecule has 21 heavy (non-hydrogen) atoms. The number of rotatable bonds is 3. The average Bonchev–Trinajstić information content (AvgIpc) is 2.39. The molecule has 2 aromatic rings. The van der Waals surface area contributed by atoms with E-state index in [9.17, 15) is 10.1 Å². The van der Waals surface area contributed by atoms with Crippen LogP contribution in [0.2, 0.25) is 0 Å². The molecule has 0 radical (unpaired) electrons. The molecule has 0 aliphatic heterocycles. The normalized spacial score (nSPS) is 9.95. The van der Waals surface area contributed by atoms with E-state index in [0.29, 0.717) is 9.26 Å². The second-order valence-electron chi connectivity index (χ2n) is 3.98. The monoisotopic (exact) mass is 397 g/mol. The number of nitro benzene ring substituents is 1. The molecule has 9 heteroatoms. The number of hydrogen-bond acceptors (Lipinski definition) is 7. The number of aryl methyl sites for hydroxylation is 1. The molecule has 1 aromatic carbocycles. The molecule has 2 rings (SSSR count). The molecule has 0 fully saturated rings. The van der Waals surface area contributed by atoms with Crippen LogP contribution in [0, 0.1) is 31.9 Å². The van der Waals surface area contributed by atoms with E-state index in [1.54, 1.807) is 6.92 Å². The van der Waals surface area contributed by atoms with Crippen LogP contribution in [0.25, 0.3) is 0 Å². The summed E-state index contributed by atoms with van der Waals surface area (Å²) in [5.41, 5.74) is 5.95. The summed E-state index contributed by atoms with van der Waals surface area (Å²) < 4.78 is 5.90. The van der Waals surface area contributed by atoms with Crippen LogP contribution in [0.3, 0.4) is 0 Å². The first kappa shape index (κ1) is 14.9. The molecule has 0 aliphatic carbocycles. The van der Waals surface area contributed by atoms with Gasteiger partial charge in [0, 0.05) is 17.8 Å². The number of nitro groups is 1. The van der Waals surface area contributed by atoms with Crippen molar-refractivity contribution < 1.29 is 9.66 Å². The standard InChI is InChI=1S/C12H8IN5O3/c1-6-2-10(17-12(15)16-6)21-11-8(13)3-7(5-14)4-9(11)18(19)20/h2-4H,1H3,(H2,15,16,17). The third-order valence-corrected chi connectivity index (χ3v) is 3.21. The van der Waals surface area contributed by atoms with E-state index in [2.05, 4.69) is 9.97 Å². The molecular formula is C12H8IN5O3. The number of aromatic nitrogens is 2. The SMILES string of the molecule is Cc1cc(Oc2c(I)cc(C#N)cc2[N+](=O)[O-])nc(N)n1. The van der Waals surface area contributed by atoms with E-state index in [1.165, 1.54) is 12.1 Å². The fourth-order valence-corrected chi connectivity index (χ4v) is 2.32. The smallest absolute Gasteiger partial charge is 0.314 e. The van der Waals surface area contributed by atoms with Crippen LogP contribution in [0.15, 0.2) is 18.2 Å². The van der Waals surface area contributed by atoms with Crippen LogP contribution in [0.5, 0.6) is 11.6 Å². The van der Waals surface area contributed by atoms with E-state index in [-0.39, 0.29) is 28.8 Å². The molecule has 1 aromatic heterocycles. The predicted octanol–water partition coefficient (Wildman–Crippen LogP) is 2.54. The lowest BCUT2D eigenvalue weighted by Gasteiger charge is -2.08. The van der Waals surface area contributed by atoms with Crippen molar-refractivity contribution in [3.63, 3.8) is 0 Å². The Labute approximate surface area is 132 Å². The van der Waals surface area contributed by atoms with Gasteiger partial charge in [-0.05, 0) is 35.6 Å². The quantitative estimate of drug-likeness (QED) is 0.479. The zero-order valence-corrected chi connectivity index (χ0v) is 12.9. The van der Waals surface area contributed by atoms with Crippen molar-refractivity contribution >= 4 is 34.2 Å². The van der Waals surface area contributed by atoms with E-state index < -0.39 is 4.92 Å². The predicted molar refractivity (Wildman–Crippen MR) is 81.8 cm³/mol. The van der Waals surface area contributed by atoms with Gasteiger partial charge < -0.3 is 10.5 Å². The lowest BCUT2D eigenvalue weighted by atomic mass is 10.2. The summed E-state index contributed by atoms with van der Waals surface area (Å²) in [6, 6.07) is 6.00. The van der Waals surface area contributed by atoms with Crippen LogP contribution in [-0.2, 0) is 0 Å². The van der Waals surface area contributed by atoms with Crippen LogP contribution >= 0.6 is 22.6 Å². The summed E-state index contributed by atoms with van der Waals surface area (Å²) in [5, 5.41) is 20.0. The number of halogens is 1. The van der Waals surface area contributed by atoms with Crippen molar-refractivity contribution in [3.8, 4) is 17.7 Å². The van der Waals surface area contributed by atoms with Gasteiger partial charge in [-0.1, -0.05) is 0 Å². The summed E-state index contributed by atoms with van der Waals surface area (Å²) in [5.74, 6) is 0.124. The van der Waals surface area contributed by atoms with Gasteiger partial charge in [0.2, 0.25) is 17.6 Å². The number of nitrogens with two attached hydrogens (primary N) is 1. The van der Waals surface area contributed by atoms with Crippen molar-refractivity contribution in [2.75, 3.05) is 5.73 Å². The van der Waals surface area contributed by atoms with Crippen LogP contribution < -0.4 is 10.5 Å². The number of nitrogen functional groups attached to an aromatic ring is 1. The lowest BCUT2D eigenvalue weighted by Crippen LogP contribution is -2.01. The highest BCUT2D eigenvalue weighted by Gasteiger charge is 2.21. The largest absolute Gasteiger partial charge is 0.430 e. The van der Waals surface area contributed by atoms with E-state index >= 15 is 0 Å². The topological polar surface area (TPSA) is 128 Å². The molecule has 0 saturated heterocycles. The molecule has 0 spiro atoms. The Morgan fingerprint density at radius 3 is 2.71 bits per heavy atom. The second kappa shape index (κ2) is 5.88. The fourth-order valence-electron chi connectivity index (χ4n) is 1.60. The molecule has 0 bridgehead atoms. The summed E-state index contributed by atoms with van der Waals surface area (Å²) in [6.45, 7) is 1.70. The minimum atomic E-state index is -0.615. The zero-order chi connectivity index (χ0) is 15.6. The van der Waals surface area contributed by atoms with Gasteiger partial charge in [-0.2, -0.15) is 10.2 Å². The summed E-state index contributed by atoms with van der Waals surface area (Å²) in [4.78, 5) is 18.3. The molecular weight excluding hydrogens is 389 g/mol. The molecule has 0 atom stereocenters. The van der Waals surface area contributed by atoms with E-state index in [4.69, 9.17) is 15.7 Å². The van der Waals surface area contributed by atoms with Crippen molar-refractivity contribution in [1.82, 2.24) is 9.97 Å². The van der Waals surface area contributed by atoms with Crippen molar-refractivity contribution in [2.45, 2.75) is 6.92 Å². The maximum atomic E-state index is 11.1. The van der Waals surface area contributed by atoms with Crippen molar-refractivity contribution in [2.24, 2.45) is 0 Å². The summed E-state index contributed by atoms with van der Waals surface area (Å²) >= 11 is 1.86. The molecule has 0 amide bonds. The van der Waals surface area contributed by atoms with Gasteiger partial charge in [0.05, 0.1) is 20.1 Å². The Morgan fingerprint density at radius 2 is 2.14 bits per heavy atom. The molecule has 8 nitrogen and oxygen atoms in total. The van der Waals surface area contributed by atoms with Gasteiger partial charge in [0.15, 0.2) is 0 Å². The minimum Gasteiger partial charge on any atom is -0.430 e. The maximum absolute atomic E-state index is 11.1. The number of benzene rings is 1. The molecule has 106 valence electrons. The van der Waals surface area contributed by atoms with Crippen LogP contribution in [-0.4, -0.2) is 14.9 Å². The van der Waals surface area contributed by atoms with E-state index in [0.717, 1.165) is 6.07 Å². The molecule has 1 heterocycles. The summed E-state index contributed by atoms with van der Waals surface area (Å²) in [6.07, 6.45) is 0. The van der Waals surface area contributed by atoms with Gasteiger partial charge in [-0.3, -0.25) is 10.1 Å². The van der Waals surface area contributed by atoms with Crippen LogP contribution in [0.4, 0.5) is 11.6 Å². The number of ether oxygens (including phenoxy) is 1. The van der Waals surface area contributed by atoms with E-state index in [1.807, 2.05) is 28.7 Å². The minimum absolute atomic E-state index is 0.0105. The third-order valence-electron chi connectivity index (χ3n) is 2.40. The number of nitriles is 1. The average molecular weight is 397 g/mol. The fraction of sp³-hybridized carbons (Fsp3) is 0.0833. The van der Waals surface area contributed by atoms with Gasteiger partial charge in [0.25, 0.3) is 0 Å². The van der Waals surface area contributed by atoms with Gasteiger partial charge in [-0.25, -0.2) is 4.98 Å². The first-order valence-electron chi connectivity index (χ1n) is 5.57. The highest BCUT2D eigenvalue weighted by atomic mass is 127. The Morgan fingerprint density at radius 1 is 1.43 bits per heavy atom. The van der Waals surface area contributed by atoms with Crippen molar-refractivity contribution in [1.29, 1.82) is 5.26 Å². The van der Waals surface area contributed by atoms with Crippen molar-refractivity contribution in [3.05, 3.63) is 43.1 Å². The Hall–Kier alpha value is -2.48. The third kappa shape index (κ3) is 3.34. The Balaban J connectivity index is 2.53. The molecule has 2 N–H and O–H groups in total.